The lowest BCUT2D eigenvalue weighted by Crippen LogP contribution is -2.41. The van der Waals surface area contributed by atoms with Gasteiger partial charge in [-0.1, -0.05) is 30.3 Å². The molecule has 4 aliphatic rings. The zero-order chi connectivity index (χ0) is 22.7. The molecule has 6 rings (SSSR count). The molecule has 0 aromatic heterocycles. The van der Waals surface area contributed by atoms with Crippen LogP contribution in [0.25, 0.3) is 11.1 Å². The number of amides is 1. The van der Waals surface area contributed by atoms with Crippen LogP contribution in [0.5, 0.6) is 0 Å². The Morgan fingerprint density at radius 3 is 2.82 bits per heavy atom. The van der Waals surface area contributed by atoms with Crippen molar-refractivity contribution in [3.8, 4) is 0 Å². The van der Waals surface area contributed by atoms with Crippen LogP contribution in [0.3, 0.4) is 0 Å². The summed E-state index contributed by atoms with van der Waals surface area (Å²) in [6.45, 7) is 6.23. The summed E-state index contributed by atoms with van der Waals surface area (Å²) in [4.78, 5) is 15.6. The van der Waals surface area contributed by atoms with E-state index in [4.69, 9.17) is 4.74 Å². The molecule has 0 radical (unpaired) electrons. The fourth-order valence-corrected chi connectivity index (χ4v) is 6.21. The van der Waals surface area contributed by atoms with E-state index in [0.29, 0.717) is 13.2 Å². The van der Waals surface area contributed by atoms with Crippen LogP contribution in [0.4, 0.5) is 5.69 Å². The molecule has 170 valence electrons. The highest BCUT2D eigenvalue weighted by Crippen LogP contribution is 2.57. The van der Waals surface area contributed by atoms with E-state index in [0.717, 1.165) is 36.1 Å². The Labute approximate surface area is 194 Å². The van der Waals surface area contributed by atoms with E-state index in [1.54, 1.807) is 0 Å². The number of aliphatic hydroxyl groups excluding tert-OH is 1. The van der Waals surface area contributed by atoms with Crippen LogP contribution in [-0.2, 0) is 22.6 Å². The van der Waals surface area contributed by atoms with Gasteiger partial charge < -0.3 is 20.1 Å². The summed E-state index contributed by atoms with van der Waals surface area (Å²) in [5, 5.41) is 12.8. The quantitative estimate of drug-likeness (QED) is 0.716. The van der Waals surface area contributed by atoms with Crippen LogP contribution in [0.1, 0.15) is 42.5 Å². The van der Waals surface area contributed by atoms with Crippen molar-refractivity contribution in [1.29, 1.82) is 0 Å². The van der Waals surface area contributed by atoms with Crippen molar-refractivity contribution in [1.82, 2.24) is 5.32 Å². The predicted molar refractivity (Wildman–Crippen MR) is 130 cm³/mol. The maximum atomic E-state index is 13.1. The molecule has 33 heavy (non-hydrogen) atoms. The molecule has 5 nitrogen and oxygen atoms in total. The van der Waals surface area contributed by atoms with Crippen molar-refractivity contribution >= 4 is 22.7 Å². The van der Waals surface area contributed by atoms with Crippen molar-refractivity contribution in [3.63, 3.8) is 0 Å². The fraction of sp³-hybridized carbons (Fsp3) is 0.393. The molecule has 0 saturated carbocycles. The van der Waals surface area contributed by atoms with Crippen molar-refractivity contribution in [2.75, 3.05) is 24.6 Å². The molecule has 0 spiro atoms. The Hall–Kier alpha value is -2.89. The highest BCUT2D eigenvalue weighted by atomic mass is 16.5. The second kappa shape index (κ2) is 7.86. The van der Waals surface area contributed by atoms with Gasteiger partial charge in [0.15, 0.2) is 0 Å². The van der Waals surface area contributed by atoms with E-state index in [1.165, 1.54) is 33.5 Å². The fourth-order valence-electron chi connectivity index (χ4n) is 6.21. The number of carbonyl (C=O) groups is 1. The zero-order valence-corrected chi connectivity index (χ0v) is 19.2. The molecular weight excluding hydrogens is 412 g/mol. The first kappa shape index (κ1) is 20.7. The van der Waals surface area contributed by atoms with Crippen molar-refractivity contribution in [3.05, 3.63) is 75.9 Å². The second-order valence-corrected chi connectivity index (χ2v) is 9.76. The molecule has 5 heteroatoms. The van der Waals surface area contributed by atoms with Crippen LogP contribution >= 0.6 is 0 Å². The maximum absolute atomic E-state index is 13.1. The third-order valence-corrected chi connectivity index (χ3v) is 7.48. The molecule has 1 saturated heterocycles. The number of hydrogen-bond acceptors (Lipinski definition) is 4. The number of aliphatic hydroxyl groups is 1. The summed E-state index contributed by atoms with van der Waals surface area (Å²) >= 11 is 0. The van der Waals surface area contributed by atoms with E-state index >= 15 is 0 Å². The van der Waals surface area contributed by atoms with Crippen molar-refractivity contribution in [2.45, 2.75) is 45.4 Å². The maximum Gasteiger partial charge on any atom is 0.252 e. The smallest absolute Gasteiger partial charge is 0.252 e. The van der Waals surface area contributed by atoms with Crippen LogP contribution < -0.4 is 10.2 Å². The molecule has 2 unspecified atom stereocenters. The van der Waals surface area contributed by atoms with E-state index in [-0.39, 0.29) is 30.6 Å². The van der Waals surface area contributed by atoms with Crippen LogP contribution in [-0.4, -0.2) is 42.9 Å². The van der Waals surface area contributed by atoms with Crippen LogP contribution in [0.2, 0.25) is 0 Å². The third kappa shape index (κ3) is 3.10. The van der Waals surface area contributed by atoms with Gasteiger partial charge in [0.05, 0.1) is 18.8 Å². The lowest BCUT2D eigenvalue weighted by molar-refractivity contribution is -0.116. The van der Waals surface area contributed by atoms with Crippen LogP contribution in [0.15, 0.2) is 53.6 Å². The normalized spacial score (nSPS) is 22.4. The summed E-state index contributed by atoms with van der Waals surface area (Å²) in [6.07, 6.45) is 1.84. The molecule has 1 fully saturated rings. The van der Waals surface area contributed by atoms with Gasteiger partial charge in [-0.15, -0.1) is 0 Å². The third-order valence-electron chi connectivity index (χ3n) is 7.48. The van der Waals surface area contributed by atoms with Crippen LogP contribution in [0, 0.1) is 5.92 Å². The molecule has 1 amide bonds. The number of hydrogen-bond donors (Lipinski definition) is 2. The molecule has 2 atom stereocenters. The van der Waals surface area contributed by atoms with Crippen molar-refractivity contribution < 1.29 is 14.6 Å². The van der Waals surface area contributed by atoms with E-state index < -0.39 is 0 Å². The van der Waals surface area contributed by atoms with Gasteiger partial charge in [0.25, 0.3) is 5.91 Å². The topological polar surface area (TPSA) is 61.8 Å². The standard InChI is InChI=1S/C28H30N2O3/c1-16(2)33-15-17-8-9-23-20(12-17)25-22-14-29-28(32)26(22)24-19-7-4-3-6-18(19)13-21(24)27(25)30(23)10-5-11-31/h3-4,6-9,12,16,21,27,31H,5,10-11,13-15H2,1-2H3,(H,29,32). The number of carbonyl (C=O) groups excluding carboxylic acids is 1. The van der Waals surface area contributed by atoms with Crippen molar-refractivity contribution in [2.24, 2.45) is 5.92 Å². The molecule has 2 aromatic carbocycles. The highest BCUT2D eigenvalue weighted by molar-refractivity contribution is 6.15. The minimum absolute atomic E-state index is 0.0577. The summed E-state index contributed by atoms with van der Waals surface area (Å²) < 4.78 is 5.89. The second-order valence-electron chi connectivity index (χ2n) is 9.76. The van der Waals surface area contributed by atoms with E-state index in [9.17, 15) is 9.90 Å². The Morgan fingerprint density at radius 1 is 1.15 bits per heavy atom. The Bertz CT molecular complexity index is 1210. The molecule has 2 aromatic rings. The highest BCUT2D eigenvalue weighted by Gasteiger charge is 2.51. The number of rotatable bonds is 6. The average molecular weight is 443 g/mol. The number of benzene rings is 2. The zero-order valence-electron chi connectivity index (χ0n) is 19.2. The SMILES string of the molecule is CC(C)OCc1ccc2c(c1)C1=C3CNC(=O)C3=C3c4ccccc4CC3C1N2CCCO. The summed E-state index contributed by atoms with van der Waals surface area (Å²) in [6, 6.07) is 15.4. The summed E-state index contributed by atoms with van der Waals surface area (Å²) in [5.41, 5.74) is 10.7. The molecular formula is C28H30N2O3. The first-order valence-electron chi connectivity index (χ1n) is 12.0. The van der Waals surface area contributed by atoms with Gasteiger partial charge in [-0.05, 0) is 72.2 Å². The molecule has 2 N–H and O–H groups in total. The van der Waals surface area contributed by atoms with Gasteiger partial charge in [-0.3, -0.25) is 4.79 Å². The lowest BCUT2D eigenvalue weighted by Gasteiger charge is -2.36. The Morgan fingerprint density at radius 2 is 2.00 bits per heavy atom. The van der Waals surface area contributed by atoms with Gasteiger partial charge >= 0.3 is 0 Å². The molecule has 2 aliphatic carbocycles. The largest absolute Gasteiger partial charge is 0.396 e. The predicted octanol–water partition coefficient (Wildman–Crippen LogP) is 3.71. The Balaban J connectivity index is 1.54. The molecule has 2 aliphatic heterocycles. The number of nitrogens with one attached hydrogen (secondary N) is 1. The van der Waals surface area contributed by atoms with Gasteiger partial charge in [-0.25, -0.2) is 0 Å². The lowest BCUT2D eigenvalue weighted by atomic mass is 9.75. The van der Waals surface area contributed by atoms with Gasteiger partial charge in [0.2, 0.25) is 0 Å². The minimum atomic E-state index is 0.0577. The monoisotopic (exact) mass is 442 g/mol. The minimum Gasteiger partial charge on any atom is -0.396 e. The number of fused-ring (bicyclic) bond motifs is 8. The van der Waals surface area contributed by atoms with E-state index in [2.05, 4.69) is 66.5 Å². The van der Waals surface area contributed by atoms with E-state index in [1.807, 2.05) is 0 Å². The summed E-state index contributed by atoms with van der Waals surface area (Å²) in [5.74, 6) is 0.295. The molecule has 0 bridgehead atoms. The summed E-state index contributed by atoms with van der Waals surface area (Å²) in [7, 11) is 0. The first-order chi connectivity index (χ1) is 16.1. The average Bonchev–Trinajstić information content (AvgIpc) is 3.47. The van der Waals surface area contributed by atoms with Gasteiger partial charge in [-0.2, -0.15) is 0 Å². The first-order valence-corrected chi connectivity index (χ1v) is 12.0. The van der Waals surface area contributed by atoms with Gasteiger partial charge in [0.1, 0.15) is 0 Å². The van der Waals surface area contributed by atoms with Gasteiger partial charge in [0, 0.05) is 42.4 Å². The molecule has 2 heterocycles. The number of anilines is 1. The number of ether oxygens (including phenoxy) is 1. The number of nitrogens with zero attached hydrogens (tertiary/aromatic N) is 1. The Kier molecular flexibility index (Phi) is 4.93.